The molecule has 0 aliphatic carbocycles. The minimum absolute atomic E-state index is 0.0174. The van der Waals surface area contributed by atoms with E-state index >= 15 is 0 Å². The maximum Gasteiger partial charge on any atom is 0.416 e. The van der Waals surface area contributed by atoms with Crippen molar-refractivity contribution >= 4 is 21.8 Å². The molecule has 0 amide bonds. The number of halogens is 6. The van der Waals surface area contributed by atoms with Crippen molar-refractivity contribution in [3.63, 3.8) is 0 Å². The number of ether oxygens (including phenoxy) is 4. The first kappa shape index (κ1) is 39.8. The molecule has 0 fully saturated rings. The van der Waals surface area contributed by atoms with Crippen LogP contribution in [0.2, 0.25) is 0 Å². The standard InChI is InChI=1S/C22H16F3N3O3.C20H12F3N3O2/c1-29-13-30-20-9-15(22(23,24)25)5-7-17(20)19-11-21(28-12-27-19)31-16-6-4-14-3-2-8-26-18(14)10-16;21-20(22,23)13-4-6-15(18(27)8-13)17-10-19(26-11-25-17)28-14-5-3-12-2-1-7-24-16(12)9-14/h2-12H,13H2,1H3;1-11,27H. The van der Waals surface area contributed by atoms with Crippen molar-refractivity contribution in [2.75, 3.05) is 13.9 Å². The van der Waals surface area contributed by atoms with Crippen LogP contribution < -0.4 is 14.2 Å². The lowest BCUT2D eigenvalue weighted by atomic mass is 10.1. The van der Waals surface area contributed by atoms with Crippen LogP contribution in [0.15, 0.2) is 134 Å². The maximum absolute atomic E-state index is 13.1. The van der Waals surface area contributed by atoms with Crippen LogP contribution in [0.25, 0.3) is 44.3 Å². The van der Waals surface area contributed by atoms with Crippen LogP contribution >= 0.6 is 0 Å². The number of hydrogen-bond donors (Lipinski definition) is 1. The van der Waals surface area contributed by atoms with E-state index in [0.717, 1.165) is 46.1 Å². The van der Waals surface area contributed by atoms with Gasteiger partial charge in [-0.1, -0.05) is 12.1 Å². The molecule has 4 heterocycles. The Morgan fingerprint density at radius 1 is 0.542 bits per heavy atom. The van der Waals surface area contributed by atoms with E-state index in [-0.39, 0.29) is 35.6 Å². The summed E-state index contributed by atoms with van der Waals surface area (Å²) in [4.78, 5) is 24.8. The zero-order valence-corrected chi connectivity index (χ0v) is 30.4. The molecule has 0 saturated carbocycles. The van der Waals surface area contributed by atoms with Gasteiger partial charge in [0.2, 0.25) is 11.8 Å². The highest BCUT2D eigenvalue weighted by atomic mass is 19.4. The van der Waals surface area contributed by atoms with Gasteiger partial charge in [0.05, 0.1) is 33.5 Å². The van der Waals surface area contributed by atoms with Gasteiger partial charge in [-0.15, -0.1) is 0 Å². The molecule has 8 aromatic rings. The molecule has 59 heavy (non-hydrogen) atoms. The lowest BCUT2D eigenvalue weighted by Crippen LogP contribution is -2.07. The molecule has 0 radical (unpaired) electrons. The van der Waals surface area contributed by atoms with Crippen LogP contribution in [-0.4, -0.2) is 48.9 Å². The van der Waals surface area contributed by atoms with Gasteiger partial charge in [0.1, 0.15) is 35.7 Å². The molecule has 0 atom stereocenters. The van der Waals surface area contributed by atoms with Gasteiger partial charge in [-0.05, 0) is 72.8 Å². The molecule has 11 nitrogen and oxygen atoms in total. The molecule has 8 rings (SSSR count). The van der Waals surface area contributed by atoms with E-state index in [4.69, 9.17) is 18.9 Å². The first-order chi connectivity index (χ1) is 28.3. The average molecular weight is 811 g/mol. The Kier molecular flexibility index (Phi) is 11.5. The third-order valence-corrected chi connectivity index (χ3v) is 8.40. The van der Waals surface area contributed by atoms with Crippen LogP contribution in [0.1, 0.15) is 11.1 Å². The highest BCUT2D eigenvalue weighted by molar-refractivity contribution is 5.80. The molecule has 0 unspecified atom stereocenters. The number of phenolic OH excluding ortho intramolecular Hbond substituents is 1. The van der Waals surface area contributed by atoms with Crippen molar-refractivity contribution in [3.8, 4) is 57.3 Å². The number of rotatable bonds is 9. The monoisotopic (exact) mass is 810 g/mol. The minimum Gasteiger partial charge on any atom is -0.507 e. The summed E-state index contributed by atoms with van der Waals surface area (Å²) in [6.45, 7) is -0.215. The number of pyridine rings is 2. The molecular weight excluding hydrogens is 782 g/mol. The van der Waals surface area contributed by atoms with E-state index < -0.39 is 29.2 Å². The Labute approximate surface area is 330 Å². The van der Waals surface area contributed by atoms with Gasteiger partial charge in [-0.25, -0.2) is 19.9 Å². The van der Waals surface area contributed by atoms with Gasteiger partial charge in [0, 0.05) is 65.7 Å². The number of alkyl halides is 6. The third kappa shape index (κ3) is 9.77. The van der Waals surface area contributed by atoms with E-state index in [1.807, 2.05) is 36.4 Å². The molecule has 4 aromatic heterocycles. The summed E-state index contributed by atoms with van der Waals surface area (Å²) in [5, 5.41) is 11.9. The molecule has 0 bridgehead atoms. The number of aromatic hydroxyl groups is 1. The van der Waals surface area contributed by atoms with Gasteiger partial charge in [-0.3, -0.25) is 9.97 Å². The fourth-order valence-electron chi connectivity index (χ4n) is 5.62. The Bertz CT molecular complexity index is 2750. The molecular formula is C42H28F6N6O5. The number of fused-ring (bicyclic) bond motifs is 2. The van der Waals surface area contributed by atoms with Crippen LogP contribution in [0.3, 0.4) is 0 Å². The predicted molar refractivity (Wildman–Crippen MR) is 203 cm³/mol. The Hall–Kier alpha value is -7.40. The van der Waals surface area contributed by atoms with Crippen molar-refractivity contribution in [1.82, 2.24) is 29.9 Å². The van der Waals surface area contributed by atoms with Crippen LogP contribution in [-0.2, 0) is 17.1 Å². The van der Waals surface area contributed by atoms with Gasteiger partial charge in [0.15, 0.2) is 6.79 Å². The van der Waals surface area contributed by atoms with E-state index in [2.05, 4.69) is 29.9 Å². The second-order valence-corrected chi connectivity index (χ2v) is 12.4. The summed E-state index contributed by atoms with van der Waals surface area (Å²) in [6.07, 6.45) is -3.22. The Morgan fingerprint density at radius 3 is 1.56 bits per heavy atom. The summed E-state index contributed by atoms with van der Waals surface area (Å²) in [6, 6.07) is 27.1. The average Bonchev–Trinajstić information content (AvgIpc) is 3.22. The van der Waals surface area contributed by atoms with Crippen molar-refractivity contribution in [2.45, 2.75) is 12.4 Å². The number of benzene rings is 4. The molecule has 4 aromatic carbocycles. The fourth-order valence-corrected chi connectivity index (χ4v) is 5.62. The summed E-state index contributed by atoms with van der Waals surface area (Å²) in [5.41, 5.74) is 0.776. The molecule has 0 aliphatic heterocycles. The second-order valence-electron chi connectivity index (χ2n) is 12.4. The topological polar surface area (TPSA) is 134 Å². The van der Waals surface area contributed by atoms with Crippen molar-refractivity contribution in [1.29, 1.82) is 0 Å². The second kappa shape index (κ2) is 17.0. The summed E-state index contributed by atoms with van der Waals surface area (Å²) >= 11 is 0. The number of hydrogen-bond acceptors (Lipinski definition) is 11. The normalized spacial score (nSPS) is 11.5. The van der Waals surface area contributed by atoms with E-state index in [9.17, 15) is 31.4 Å². The number of phenols is 1. The zero-order chi connectivity index (χ0) is 41.6. The van der Waals surface area contributed by atoms with Gasteiger partial charge in [0.25, 0.3) is 0 Å². The lowest BCUT2D eigenvalue weighted by molar-refractivity contribution is -0.138. The summed E-state index contributed by atoms with van der Waals surface area (Å²) in [5.74, 6) is 0.856. The fraction of sp³-hybridized carbons (Fsp3) is 0.0952. The Balaban J connectivity index is 0.000000180. The van der Waals surface area contributed by atoms with Gasteiger partial charge in [-0.2, -0.15) is 26.3 Å². The number of aromatic nitrogens is 6. The van der Waals surface area contributed by atoms with E-state index in [1.54, 1.807) is 36.7 Å². The largest absolute Gasteiger partial charge is 0.507 e. The zero-order valence-electron chi connectivity index (χ0n) is 30.4. The highest BCUT2D eigenvalue weighted by Gasteiger charge is 2.32. The lowest BCUT2D eigenvalue weighted by Gasteiger charge is -2.14. The van der Waals surface area contributed by atoms with Crippen LogP contribution in [0.4, 0.5) is 26.3 Å². The maximum atomic E-state index is 13.1. The van der Waals surface area contributed by atoms with Crippen molar-refractivity contribution in [3.05, 3.63) is 145 Å². The molecule has 17 heteroatoms. The quantitative estimate of drug-likeness (QED) is 0.110. The van der Waals surface area contributed by atoms with Gasteiger partial charge >= 0.3 is 12.4 Å². The molecule has 298 valence electrons. The highest BCUT2D eigenvalue weighted by Crippen LogP contribution is 2.39. The third-order valence-electron chi connectivity index (χ3n) is 8.40. The SMILES string of the molecule is COCOc1cc(C(F)(F)F)ccc1-c1cc(Oc2ccc3cccnc3c2)ncn1.Oc1cc(C(F)(F)F)ccc1-c1cc(Oc2ccc3cccnc3c2)ncn1. The number of nitrogens with zero attached hydrogens (tertiary/aromatic N) is 6. The molecule has 0 saturated heterocycles. The Morgan fingerprint density at radius 2 is 1.05 bits per heavy atom. The van der Waals surface area contributed by atoms with Crippen molar-refractivity contribution in [2.24, 2.45) is 0 Å². The minimum atomic E-state index is -4.54. The molecule has 1 N–H and O–H groups in total. The smallest absolute Gasteiger partial charge is 0.416 e. The first-order valence-corrected chi connectivity index (χ1v) is 17.3. The number of methoxy groups -OCH3 is 1. The summed E-state index contributed by atoms with van der Waals surface area (Å²) < 4.78 is 99.3. The first-order valence-electron chi connectivity index (χ1n) is 17.3. The van der Waals surface area contributed by atoms with E-state index in [0.29, 0.717) is 28.8 Å². The van der Waals surface area contributed by atoms with E-state index in [1.165, 1.54) is 38.0 Å². The van der Waals surface area contributed by atoms with Crippen LogP contribution in [0, 0.1) is 0 Å². The van der Waals surface area contributed by atoms with Crippen molar-refractivity contribution < 1.29 is 50.4 Å². The molecule has 0 spiro atoms. The van der Waals surface area contributed by atoms with Gasteiger partial charge < -0.3 is 24.1 Å². The predicted octanol–water partition coefficient (Wildman–Crippen LogP) is 10.7. The van der Waals surface area contributed by atoms with Crippen LogP contribution in [0.5, 0.6) is 34.8 Å². The molecule has 0 aliphatic rings. The summed E-state index contributed by atoms with van der Waals surface area (Å²) in [7, 11) is 1.38.